The number of aromatic carboxylic acids is 1. The molecule has 0 spiro atoms. The molecule has 6 heteroatoms. The van der Waals surface area contributed by atoms with E-state index in [9.17, 15) is 9.18 Å². The Balaban J connectivity index is 2.20. The molecular formula is C14H9BrFIO3. The third kappa shape index (κ3) is 3.69. The van der Waals surface area contributed by atoms with Gasteiger partial charge in [-0.25, -0.2) is 9.18 Å². The highest BCUT2D eigenvalue weighted by atomic mass is 127. The van der Waals surface area contributed by atoms with Gasteiger partial charge in [-0.15, -0.1) is 0 Å². The summed E-state index contributed by atoms with van der Waals surface area (Å²) in [7, 11) is 0. The van der Waals surface area contributed by atoms with Crippen LogP contribution in [-0.2, 0) is 6.61 Å². The normalized spacial score (nSPS) is 10.3. The van der Waals surface area contributed by atoms with Crippen LogP contribution in [0.2, 0.25) is 0 Å². The van der Waals surface area contributed by atoms with Crippen molar-refractivity contribution in [3.8, 4) is 5.75 Å². The quantitative estimate of drug-likeness (QED) is 0.699. The van der Waals surface area contributed by atoms with Gasteiger partial charge in [0.1, 0.15) is 23.7 Å². The topological polar surface area (TPSA) is 46.5 Å². The summed E-state index contributed by atoms with van der Waals surface area (Å²) in [5, 5.41) is 9.14. The third-order valence-electron chi connectivity index (χ3n) is 2.57. The molecule has 0 unspecified atom stereocenters. The number of benzene rings is 2. The first-order valence-electron chi connectivity index (χ1n) is 5.57. The Morgan fingerprint density at radius 3 is 2.70 bits per heavy atom. The molecule has 0 aliphatic heterocycles. The summed E-state index contributed by atoms with van der Waals surface area (Å²) in [5.74, 6) is -1.10. The van der Waals surface area contributed by atoms with Crippen molar-refractivity contribution in [2.75, 3.05) is 0 Å². The average molecular weight is 451 g/mol. The number of carboxylic acids is 1. The second-order valence-electron chi connectivity index (χ2n) is 3.97. The molecule has 3 nitrogen and oxygen atoms in total. The van der Waals surface area contributed by atoms with Gasteiger partial charge in [-0.05, 0) is 52.9 Å². The van der Waals surface area contributed by atoms with Gasteiger partial charge in [0.15, 0.2) is 0 Å². The molecule has 0 amide bonds. The minimum atomic E-state index is -1.04. The largest absolute Gasteiger partial charge is 0.488 e. The van der Waals surface area contributed by atoms with Crippen LogP contribution in [0.15, 0.2) is 40.9 Å². The van der Waals surface area contributed by atoms with E-state index in [4.69, 9.17) is 9.84 Å². The molecule has 0 bridgehead atoms. The molecule has 0 atom stereocenters. The van der Waals surface area contributed by atoms with E-state index in [0.29, 0.717) is 4.47 Å². The highest BCUT2D eigenvalue weighted by Gasteiger charge is 2.12. The molecule has 0 aromatic heterocycles. The lowest BCUT2D eigenvalue weighted by atomic mass is 10.2. The third-order valence-corrected chi connectivity index (χ3v) is 3.98. The van der Waals surface area contributed by atoms with Gasteiger partial charge in [0.2, 0.25) is 0 Å². The molecule has 2 aromatic carbocycles. The smallest absolute Gasteiger partial charge is 0.339 e. The zero-order chi connectivity index (χ0) is 14.7. The van der Waals surface area contributed by atoms with E-state index in [1.54, 1.807) is 18.2 Å². The van der Waals surface area contributed by atoms with Crippen LogP contribution in [-0.4, -0.2) is 11.1 Å². The lowest BCUT2D eigenvalue weighted by Crippen LogP contribution is -2.04. The van der Waals surface area contributed by atoms with E-state index in [1.165, 1.54) is 18.2 Å². The maximum Gasteiger partial charge on any atom is 0.339 e. The van der Waals surface area contributed by atoms with Gasteiger partial charge in [0.05, 0.1) is 0 Å². The highest BCUT2D eigenvalue weighted by molar-refractivity contribution is 14.1. The van der Waals surface area contributed by atoms with Crippen molar-refractivity contribution in [1.29, 1.82) is 0 Å². The molecule has 104 valence electrons. The second-order valence-corrected chi connectivity index (χ2v) is 6.07. The van der Waals surface area contributed by atoms with Crippen LogP contribution < -0.4 is 4.74 Å². The molecule has 2 aromatic rings. The molecular weight excluding hydrogens is 442 g/mol. The minimum absolute atomic E-state index is 0.107. The van der Waals surface area contributed by atoms with E-state index in [1.807, 2.05) is 22.6 Å². The summed E-state index contributed by atoms with van der Waals surface area (Å²) in [6.07, 6.45) is 0. The predicted octanol–water partition coefficient (Wildman–Crippen LogP) is 4.47. The van der Waals surface area contributed by atoms with Crippen LogP contribution in [0.25, 0.3) is 0 Å². The van der Waals surface area contributed by atoms with Crippen LogP contribution >= 0.6 is 38.5 Å². The number of carbonyl (C=O) groups is 1. The van der Waals surface area contributed by atoms with Crippen molar-refractivity contribution < 1.29 is 19.0 Å². The van der Waals surface area contributed by atoms with E-state index < -0.39 is 5.97 Å². The van der Waals surface area contributed by atoms with Crippen molar-refractivity contribution in [2.24, 2.45) is 0 Å². The van der Waals surface area contributed by atoms with Gasteiger partial charge in [-0.2, -0.15) is 0 Å². The Hall–Kier alpha value is -1.15. The molecule has 2 rings (SSSR count). The van der Waals surface area contributed by atoms with Crippen LogP contribution in [0.1, 0.15) is 15.9 Å². The Kier molecular flexibility index (Phi) is 4.98. The van der Waals surface area contributed by atoms with E-state index in [0.717, 1.165) is 9.13 Å². The summed E-state index contributed by atoms with van der Waals surface area (Å²) in [6.45, 7) is 0.154. The number of hydrogen-bond donors (Lipinski definition) is 1. The SMILES string of the molecule is O=C(O)c1cc(I)ccc1OCc1ccc(F)cc1Br. The van der Waals surface area contributed by atoms with Crippen LogP contribution in [0, 0.1) is 9.39 Å². The summed E-state index contributed by atoms with van der Waals surface area (Å²) in [6, 6.07) is 9.18. The Morgan fingerprint density at radius 2 is 2.05 bits per heavy atom. The first-order chi connectivity index (χ1) is 9.47. The molecule has 0 fully saturated rings. The fourth-order valence-electron chi connectivity index (χ4n) is 1.59. The second kappa shape index (κ2) is 6.53. The molecule has 0 saturated heterocycles. The number of carboxylic acid groups (broad SMARTS) is 1. The van der Waals surface area contributed by atoms with Crippen LogP contribution in [0.3, 0.4) is 0 Å². The van der Waals surface area contributed by atoms with E-state index in [-0.39, 0.29) is 23.7 Å². The van der Waals surface area contributed by atoms with Crippen LogP contribution in [0.4, 0.5) is 4.39 Å². The van der Waals surface area contributed by atoms with Gasteiger partial charge < -0.3 is 9.84 Å². The van der Waals surface area contributed by atoms with Gasteiger partial charge >= 0.3 is 5.97 Å². The summed E-state index contributed by atoms with van der Waals surface area (Å²) < 4.78 is 19.9. The molecule has 20 heavy (non-hydrogen) atoms. The maximum absolute atomic E-state index is 13.0. The molecule has 0 aliphatic carbocycles. The standard InChI is InChI=1S/C14H9BrFIO3/c15-12-5-9(16)2-1-8(12)7-20-13-4-3-10(17)6-11(13)14(18)19/h1-6H,7H2,(H,18,19). The van der Waals surface area contributed by atoms with Crippen molar-refractivity contribution in [3.05, 3.63) is 61.4 Å². The van der Waals surface area contributed by atoms with E-state index >= 15 is 0 Å². The lowest BCUT2D eigenvalue weighted by molar-refractivity contribution is 0.0691. The highest BCUT2D eigenvalue weighted by Crippen LogP contribution is 2.24. The number of halogens is 3. The summed E-state index contributed by atoms with van der Waals surface area (Å²) >= 11 is 5.28. The molecule has 0 heterocycles. The fraction of sp³-hybridized carbons (Fsp3) is 0.0714. The zero-order valence-electron chi connectivity index (χ0n) is 10.1. The lowest BCUT2D eigenvalue weighted by Gasteiger charge is -2.10. The number of hydrogen-bond acceptors (Lipinski definition) is 2. The summed E-state index contributed by atoms with van der Waals surface area (Å²) in [4.78, 5) is 11.2. The Bertz CT molecular complexity index is 661. The Labute approximate surface area is 137 Å². The van der Waals surface area contributed by atoms with Gasteiger partial charge in [-0.3, -0.25) is 0 Å². The first kappa shape index (κ1) is 15.2. The minimum Gasteiger partial charge on any atom is -0.488 e. The van der Waals surface area contributed by atoms with E-state index in [2.05, 4.69) is 15.9 Å². The van der Waals surface area contributed by atoms with Gasteiger partial charge in [0, 0.05) is 13.6 Å². The molecule has 0 aliphatic rings. The summed E-state index contributed by atoms with van der Waals surface area (Å²) in [5.41, 5.74) is 0.844. The van der Waals surface area contributed by atoms with Crippen molar-refractivity contribution in [3.63, 3.8) is 0 Å². The van der Waals surface area contributed by atoms with Crippen molar-refractivity contribution in [1.82, 2.24) is 0 Å². The monoisotopic (exact) mass is 450 g/mol. The molecule has 0 radical (unpaired) electrons. The number of rotatable bonds is 4. The molecule has 1 N–H and O–H groups in total. The van der Waals surface area contributed by atoms with Gasteiger partial charge in [0.25, 0.3) is 0 Å². The number of ether oxygens (including phenoxy) is 1. The van der Waals surface area contributed by atoms with Gasteiger partial charge in [-0.1, -0.05) is 22.0 Å². The predicted molar refractivity (Wildman–Crippen MR) is 84.6 cm³/mol. The fourth-order valence-corrected chi connectivity index (χ4v) is 2.55. The van der Waals surface area contributed by atoms with Crippen molar-refractivity contribution in [2.45, 2.75) is 6.61 Å². The average Bonchev–Trinajstić information content (AvgIpc) is 2.38. The first-order valence-corrected chi connectivity index (χ1v) is 7.44. The molecule has 0 saturated carbocycles. The Morgan fingerprint density at radius 1 is 1.30 bits per heavy atom. The van der Waals surface area contributed by atoms with Crippen molar-refractivity contribution >= 4 is 44.5 Å². The van der Waals surface area contributed by atoms with Crippen LogP contribution in [0.5, 0.6) is 5.75 Å². The zero-order valence-corrected chi connectivity index (χ0v) is 13.8. The maximum atomic E-state index is 13.0.